The van der Waals surface area contributed by atoms with Crippen molar-refractivity contribution in [3.05, 3.63) is 53.1 Å². The molecule has 0 saturated carbocycles. The van der Waals surface area contributed by atoms with E-state index in [0.29, 0.717) is 16.5 Å². The van der Waals surface area contributed by atoms with Gasteiger partial charge in [0, 0.05) is 21.3 Å². The number of halogens is 1. The van der Waals surface area contributed by atoms with Gasteiger partial charge in [0.1, 0.15) is 0 Å². The van der Waals surface area contributed by atoms with Gasteiger partial charge in [0.15, 0.2) is 0 Å². The first kappa shape index (κ1) is 14.8. The van der Waals surface area contributed by atoms with E-state index in [0.717, 1.165) is 16.1 Å². The molecular weight excluding hydrogens is 292 g/mol. The highest BCUT2D eigenvalue weighted by atomic mass is 35.5. The van der Waals surface area contributed by atoms with Crippen LogP contribution in [-0.2, 0) is 4.79 Å². The van der Waals surface area contributed by atoms with E-state index in [1.807, 2.05) is 43.3 Å². The largest absolute Gasteiger partial charge is 0.398 e. The van der Waals surface area contributed by atoms with Crippen molar-refractivity contribution in [2.45, 2.75) is 11.8 Å². The van der Waals surface area contributed by atoms with Crippen LogP contribution >= 0.6 is 23.4 Å². The molecule has 1 amide bonds. The third-order valence-corrected chi connectivity index (χ3v) is 4.32. The van der Waals surface area contributed by atoms with E-state index < -0.39 is 0 Å². The number of thioether (sulfide) groups is 1. The van der Waals surface area contributed by atoms with Crippen molar-refractivity contribution in [2.24, 2.45) is 0 Å². The average Bonchev–Trinajstić information content (AvgIpc) is 2.43. The van der Waals surface area contributed by atoms with Crippen LogP contribution in [0.3, 0.4) is 0 Å². The number of carbonyl (C=O) groups excluding carboxylic acids is 1. The second-order valence-electron chi connectivity index (χ2n) is 4.29. The molecule has 0 radical (unpaired) electrons. The van der Waals surface area contributed by atoms with Gasteiger partial charge in [0.25, 0.3) is 0 Å². The maximum absolute atomic E-state index is 11.9. The molecular formula is C15H15ClN2OS. The number of hydrogen-bond donors (Lipinski definition) is 2. The summed E-state index contributed by atoms with van der Waals surface area (Å²) >= 11 is 7.43. The van der Waals surface area contributed by atoms with Crippen molar-refractivity contribution in [2.75, 3.05) is 16.8 Å². The highest BCUT2D eigenvalue weighted by Crippen LogP contribution is 2.26. The summed E-state index contributed by atoms with van der Waals surface area (Å²) in [6.45, 7) is 1.88. The molecule has 0 heterocycles. The molecule has 0 saturated heterocycles. The quantitative estimate of drug-likeness (QED) is 0.664. The van der Waals surface area contributed by atoms with Crippen LogP contribution in [0.25, 0.3) is 0 Å². The first-order chi connectivity index (χ1) is 9.58. The van der Waals surface area contributed by atoms with Crippen molar-refractivity contribution in [1.29, 1.82) is 0 Å². The molecule has 0 atom stereocenters. The Labute approximate surface area is 127 Å². The van der Waals surface area contributed by atoms with Gasteiger partial charge in [-0.3, -0.25) is 4.79 Å². The number of nitrogens with two attached hydrogens (primary N) is 1. The lowest BCUT2D eigenvalue weighted by atomic mass is 10.2. The fourth-order valence-electron chi connectivity index (χ4n) is 1.68. The van der Waals surface area contributed by atoms with Crippen molar-refractivity contribution >= 4 is 40.6 Å². The van der Waals surface area contributed by atoms with Crippen LogP contribution in [0.15, 0.2) is 47.4 Å². The second-order valence-corrected chi connectivity index (χ2v) is 5.71. The molecule has 0 aliphatic rings. The molecule has 0 fully saturated rings. The first-order valence-corrected chi connectivity index (χ1v) is 7.46. The third kappa shape index (κ3) is 3.68. The van der Waals surface area contributed by atoms with Crippen molar-refractivity contribution in [3.63, 3.8) is 0 Å². The topological polar surface area (TPSA) is 55.1 Å². The fourth-order valence-corrected chi connectivity index (χ4v) is 2.63. The molecule has 3 N–H and O–H groups in total. The van der Waals surface area contributed by atoms with E-state index in [9.17, 15) is 4.79 Å². The van der Waals surface area contributed by atoms with E-state index in [4.69, 9.17) is 17.3 Å². The maximum Gasteiger partial charge on any atom is 0.234 e. The Morgan fingerprint density at radius 3 is 2.75 bits per heavy atom. The molecule has 0 aromatic heterocycles. The van der Waals surface area contributed by atoms with Crippen molar-refractivity contribution in [3.8, 4) is 0 Å². The molecule has 3 nitrogen and oxygen atoms in total. The summed E-state index contributed by atoms with van der Waals surface area (Å²) in [6, 6.07) is 12.9. The van der Waals surface area contributed by atoms with E-state index in [1.165, 1.54) is 11.8 Å². The molecule has 5 heteroatoms. The van der Waals surface area contributed by atoms with E-state index in [2.05, 4.69) is 5.32 Å². The number of benzene rings is 2. The molecule has 0 unspecified atom stereocenters. The van der Waals surface area contributed by atoms with Crippen LogP contribution in [-0.4, -0.2) is 11.7 Å². The predicted molar refractivity (Wildman–Crippen MR) is 86.4 cm³/mol. The Kier molecular flexibility index (Phi) is 4.93. The molecule has 0 aliphatic carbocycles. The SMILES string of the molecule is Cc1c(Cl)cccc1NC(=O)CSc1ccccc1N. The molecule has 2 rings (SSSR count). The van der Waals surface area contributed by atoms with Gasteiger partial charge >= 0.3 is 0 Å². The van der Waals surface area contributed by atoms with Crippen LogP contribution in [0, 0.1) is 6.92 Å². The van der Waals surface area contributed by atoms with E-state index >= 15 is 0 Å². The van der Waals surface area contributed by atoms with Crippen LogP contribution in [0.1, 0.15) is 5.56 Å². The minimum Gasteiger partial charge on any atom is -0.398 e. The van der Waals surface area contributed by atoms with Gasteiger partial charge in [0.2, 0.25) is 5.91 Å². The normalized spacial score (nSPS) is 10.3. The number of nitrogens with one attached hydrogen (secondary N) is 1. The van der Waals surface area contributed by atoms with Gasteiger partial charge in [-0.25, -0.2) is 0 Å². The molecule has 20 heavy (non-hydrogen) atoms. The first-order valence-electron chi connectivity index (χ1n) is 6.10. The zero-order chi connectivity index (χ0) is 14.5. The van der Waals surface area contributed by atoms with Gasteiger partial charge in [-0.15, -0.1) is 11.8 Å². The minimum absolute atomic E-state index is 0.0800. The highest BCUT2D eigenvalue weighted by Gasteiger charge is 2.08. The van der Waals surface area contributed by atoms with Gasteiger partial charge in [-0.1, -0.05) is 29.8 Å². The Morgan fingerprint density at radius 1 is 1.25 bits per heavy atom. The number of carbonyl (C=O) groups is 1. The van der Waals surface area contributed by atoms with Crippen molar-refractivity contribution in [1.82, 2.24) is 0 Å². The minimum atomic E-state index is -0.0800. The van der Waals surface area contributed by atoms with Crippen LogP contribution in [0.4, 0.5) is 11.4 Å². The van der Waals surface area contributed by atoms with Gasteiger partial charge in [0.05, 0.1) is 5.75 Å². The number of para-hydroxylation sites is 1. The van der Waals surface area contributed by atoms with E-state index in [-0.39, 0.29) is 5.91 Å². The Morgan fingerprint density at radius 2 is 2.00 bits per heavy atom. The predicted octanol–water partition coefficient (Wildman–Crippen LogP) is 3.96. The smallest absolute Gasteiger partial charge is 0.234 e. The van der Waals surface area contributed by atoms with Crippen LogP contribution < -0.4 is 11.1 Å². The fraction of sp³-hybridized carbons (Fsp3) is 0.133. The van der Waals surface area contributed by atoms with Crippen LogP contribution in [0.5, 0.6) is 0 Å². The summed E-state index contributed by atoms with van der Waals surface area (Å²) in [5, 5.41) is 3.50. The number of anilines is 2. The summed E-state index contributed by atoms with van der Waals surface area (Å²) in [5.41, 5.74) is 8.13. The number of nitrogen functional groups attached to an aromatic ring is 1. The maximum atomic E-state index is 11.9. The Hall–Kier alpha value is -1.65. The zero-order valence-electron chi connectivity index (χ0n) is 11.0. The zero-order valence-corrected chi connectivity index (χ0v) is 12.6. The molecule has 0 spiro atoms. The van der Waals surface area contributed by atoms with E-state index in [1.54, 1.807) is 6.07 Å². The summed E-state index contributed by atoms with van der Waals surface area (Å²) in [7, 11) is 0. The van der Waals surface area contributed by atoms with Crippen LogP contribution in [0.2, 0.25) is 5.02 Å². The third-order valence-electron chi connectivity index (χ3n) is 2.82. The Bertz CT molecular complexity index is 631. The lowest BCUT2D eigenvalue weighted by Gasteiger charge is -2.09. The molecule has 2 aromatic rings. The van der Waals surface area contributed by atoms with Crippen molar-refractivity contribution < 1.29 is 4.79 Å². The number of amides is 1. The molecule has 104 valence electrons. The lowest BCUT2D eigenvalue weighted by molar-refractivity contribution is -0.113. The standard InChI is InChI=1S/C15H15ClN2OS/c1-10-11(16)5-4-7-13(10)18-15(19)9-20-14-8-3-2-6-12(14)17/h2-8H,9,17H2,1H3,(H,18,19). The van der Waals surface area contributed by atoms with Gasteiger partial charge in [-0.05, 0) is 36.8 Å². The summed E-state index contributed by atoms with van der Waals surface area (Å²) in [6.07, 6.45) is 0. The molecule has 0 bridgehead atoms. The summed E-state index contributed by atoms with van der Waals surface area (Å²) in [5.74, 6) is 0.226. The number of hydrogen-bond acceptors (Lipinski definition) is 3. The van der Waals surface area contributed by atoms with Gasteiger partial charge < -0.3 is 11.1 Å². The summed E-state index contributed by atoms with van der Waals surface area (Å²) in [4.78, 5) is 12.9. The van der Waals surface area contributed by atoms with Gasteiger partial charge in [-0.2, -0.15) is 0 Å². The average molecular weight is 307 g/mol. The Balaban J connectivity index is 1.96. The lowest BCUT2D eigenvalue weighted by Crippen LogP contribution is -2.15. The highest BCUT2D eigenvalue weighted by molar-refractivity contribution is 8.00. The number of rotatable bonds is 4. The summed E-state index contributed by atoms with van der Waals surface area (Å²) < 4.78 is 0. The monoisotopic (exact) mass is 306 g/mol. The molecule has 0 aliphatic heterocycles. The molecule has 2 aromatic carbocycles. The second kappa shape index (κ2) is 6.68.